The van der Waals surface area contributed by atoms with Crippen LogP contribution in [0.3, 0.4) is 0 Å². The molecule has 0 radical (unpaired) electrons. The van der Waals surface area contributed by atoms with E-state index in [0.29, 0.717) is 0 Å². The molecule has 3 aliphatic carbocycles. The molecule has 0 amide bonds. The topological polar surface area (TPSA) is 6.48 Å². The van der Waals surface area contributed by atoms with Crippen LogP contribution < -0.4 is 9.80 Å². The molecule has 0 heterocycles. The van der Waals surface area contributed by atoms with Gasteiger partial charge in [-0.05, 0) is 162 Å². The van der Waals surface area contributed by atoms with Gasteiger partial charge in [0.1, 0.15) is 0 Å². The third-order valence-electron chi connectivity index (χ3n) is 15.8. The highest BCUT2D eigenvalue weighted by molar-refractivity contribution is 6.12. The summed E-state index contributed by atoms with van der Waals surface area (Å²) in [5.74, 6) is 0. The van der Waals surface area contributed by atoms with Crippen LogP contribution in [0.5, 0.6) is 0 Å². The van der Waals surface area contributed by atoms with E-state index in [1.54, 1.807) is 0 Å². The Hall–Kier alpha value is -7.68. The highest BCUT2D eigenvalue weighted by atomic mass is 15.1. The Balaban J connectivity index is 0.991. The van der Waals surface area contributed by atoms with Gasteiger partial charge in [-0.25, -0.2) is 0 Å². The molecule has 0 N–H and O–H groups in total. The minimum atomic E-state index is -0.241. The minimum Gasteiger partial charge on any atom is -0.310 e. The summed E-state index contributed by atoms with van der Waals surface area (Å²) in [4.78, 5) is 4.88. The zero-order valence-electron chi connectivity index (χ0n) is 39.0. The first kappa shape index (κ1) is 39.7. The fourth-order valence-corrected chi connectivity index (χ4v) is 12.4. The number of nitrogens with zero attached hydrogens (tertiary/aromatic N) is 2. The molecule has 0 bridgehead atoms. The lowest BCUT2D eigenvalue weighted by Gasteiger charge is -2.30. The number of rotatable bonds is 6. The summed E-state index contributed by atoms with van der Waals surface area (Å²) >= 11 is 0. The van der Waals surface area contributed by atoms with Crippen molar-refractivity contribution in [3.8, 4) is 33.4 Å². The molecule has 0 aromatic heterocycles. The number of hydrogen-bond donors (Lipinski definition) is 0. The molecule has 0 aliphatic heterocycles. The van der Waals surface area contributed by atoms with Crippen LogP contribution in [0.25, 0.3) is 54.9 Å². The van der Waals surface area contributed by atoms with Crippen LogP contribution in [0.1, 0.15) is 74.9 Å². The normalized spacial score (nSPS) is 15.1. The van der Waals surface area contributed by atoms with Crippen molar-refractivity contribution in [2.45, 2.75) is 57.8 Å². The average molecular weight is 861 g/mol. The lowest BCUT2D eigenvalue weighted by Crippen LogP contribution is -2.18. The zero-order chi connectivity index (χ0) is 45.4. The molecule has 2 nitrogen and oxygen atoms in total. The summed E-state index contributed by atoms with van der Waals surface area (Å²) in [6.07, 6.45) is 0. The van der Waals surface area contributed by atoms with Gasteiger partial charge in [0.2, 0.25) is 0 Å². The quantitative estimate of drug-likeness (QED) is 0.164. The monoisotopic (exact) mass is 860 g/mol. The highest BCUT2D eigenvalue weighted by Gasteiger charge is 2.46. The van der Waals surface area contributed by atoms with Crippen molar-refractivity contribution in [3.05, 3.63) is 240 Å². The van der Waals surface area contributed by atoms with Crippen molar-refractivity contribution in [1.29, 1.82) is 0 Å². The zero-order valence-corrected chi connectivity index (χ0v) is 39.0. The standard InChI is InChI=1S/C65H52N2/c1-63(2)53-37-51-55(64(3,4)57-39-59(45-31-19-21-33-47(45)61(51)57)66(41-23-11-7-12-24-41)42-25-13-8-14-26-42)35-49(53)50-36-56-52(38-54(50)63)62-48-34-22-20-32-46(48)60(40-58(62)65(56,5)6)67(43-27-15-9-16-28-43)44-29-17-10-18-30-44/h7-40H,1-6H3. The van der Waals surface area contributed by atoms with Crippen LogP contribution in [0.2, 0.25) is 0 Å². The average Bonchev–Trinajstić information content (AvgIpc) is 3.83. The number of fused-ring (bicyclic) bond motifs is 13. The Morgan fingerprint density at radius 1 is 0.254 bits per heavy atom. The fraction of sp³-hybridized carbons (Fsp3) is 0.138. The highest BCUT2D eigenvalue weighted by Crippen LogP contribution is 2.62. The molecule has 2 heteroatoms. The number of anilines is 6. The SMILES string of the molecule is CC1(C)c2cc3c(cc2-c2cc4c(cc21)-c1c(cc(N(c2ccccc2)c2ccccc2)c2ccccc12)C4(C)C)C(C)(C)c1cc(N(c2ccccc2)c2ccccc2)c2ccccc2c1-3. The van der Waals surface area contributed by atoms with E-state index < -0.39 is 0 Å². The molecule has 10 aromatic rings. The van der Waals surface area contributed by atoms with Crippen molar-refractivity contribution < 1.29 is 0 Å². The lowest BCUT2D eigenvalue weighted by atomic mass is 9.78. The number of benzene rings is 10. The molecule has 0 atom stereocenters. The second kappa shape index (κ2) is 14.2. The van der Waals surface area contributed by atoms with Crippen LogP contribution in [-0.2, 0) is 16.2 Å². The van der Waals surface area contributed by atoms with E-state index >= 15 is 0 Å². The minimum absolute atomic E-state index is 0.213. The third kappa shape index (κ3) is 5.57. The van der Waals surface area contributed by atoms with Gasteiger partial charge in [0, 0.05) is 49.8 Å². The molecule has 67 heavy (non-hydrogen) atoms. The van der Waals surface area contributed by atoms with E-state index in [0.717, 1.165) is 22.7 Å². The van der Waals surface area contributed by atoms with Crippen LogP contribution in [0.4, 0.5) is 34.1 Å². The van der Waals surface area contributed by atoms with E-state index in [-0.39, 0.29) is 16.2 Å². The molecule has 0 fully saturated rings. The summed E-state index contributed by atoms with van der Waals surface area (Å²) in [6.45, 7) is 14.7. The molecule has 0 saturated heterocycles. The van der Waals surface area contributed by atoms with Gasteiger partial charge in [-0.2, -0.15) is 0 Å². The Morgan fingerprint density at radius 2 is 0.507 bits per heavy atom. The van der Waals surface area contributed by atoms with Gasteiger partial charge in [0.05, 0.1) is 11.4 Å². The summed E-state index contributed by atoms with van der Waals surface area (Å²) in [5.41, 5.74) is 22.9. The maximum atomic E-state index is 2.59. The summed E-state index contributed by atoms with van der Waals surface area (Å²) < 4.78 is 0. The summed E-state index contributed by atoms with van der Waals surface area (Å²) in [6, 6.07) is 76.8. The van der Waals surface area contributed by atoms with E-state index in [1.807, 2.05) is 0 Å². The molecule has 10 aromatic carbocycles. The van der Waals surface area contributed by atoms with Gasteiger partial charge >= 0.3 is 0 Å². The first-order valence-corrected chi connectivity index (χ1v) is 23.9. The molecule has 322 valence electrons. The molecular formula is C65H52N2. The maximum absolute atomic E-state index is 2.59. The van der Waals surface area contributed by atoms with E-state index in [9.17, 15) is 0 Å². The number of para-hydroxylation sites is 4. The Bertz CT molecular complexity index is 3320. The summed E-state index contributed by atoms with van der Waals surface area (Å²) in [5, 5.41) is 5.11. The number of hydrogen-bond acceptors (Lipinski definition) is 2. The fourth-order valence-electron chi connectivity index (χ4n) is 12.4. The van der Waals surface area contributed by atoms with Gasteiger partial charge < -0.3 is 9.80 Å². The molecule has 3 aliphatic rings. The molecule has 0 unspecified atom stereocenters. The van der Waals surface area contributed by atoms with E-state index in [4.69, 9.17) is 0 Å². The van der Waals surface area contributed by atoms with Crippen molar-refractivity contribution >= 4 is 55.7 Å². The smallest absolute Gasteiger partial charge is 0.0543 e. The van der Waals surface area contributed by atoms with Crippen molar-refractivity contribution in [2.24, 2.45) is 0 Å². The van der Waals surface area contributed by atoms with Crippen LogP contribution in [0.15, 0.2) is 206 Å². The van der Waals surface area contributed by atoms with E-state index in [1.165, 1.54) is 99.7 Å². The van der Waals surface area contributed by atoms with Gasteiger partial charge in [0.25, 0.3) is 0 Å². The Morgan fingerprint density at radius 3 is 0.836 bits per heavy atom. The Kier molecular flexibility index (Phi) is 8.38. The van der Waals surface area contributed by atoms with E-state index in [2.05, 4.69) is 258 Å². The second-order valence-corrected chi connectivity index (χ2v) is 20.5. The van der Waals surface area contributed by atoms with Crippen LogP contribution >= 0.6 is 0 Å². The third-order valence-corrected chi connectivity index (χ3v) is 15.8. The van der Waals surface area contributed by atoms with Gasteiger partial charge in [-0.15, -0.1) is 0 Å². The second-order valence-electron chi connectivity index (χ2n) is 20.5. The van der Waals surface area contributed by atoms with Crippen LogP contribution in [-0.4, -0.2) is 0 Å². The first-order chi connectivity index (χ1) is 32.5. The predicted octanol–water partition coefficient (Wildman–Crippen LogP) is 17.9. The maximum Gasteiger partial charge on any atom is 0.0543 e. The van der Waals surface area contributed by atoms with Gasteiger partial charge in [-0.3, -0.25) is 0 Å². The predicted molar refractivity (Wildman–Crippen MR) is 284 cm³/mol. The van der Waals surface area contributed by atoms with Crippen molar-refractivity contribution in [1.82, 2.24) is 0 Å². The lowest BCUT2D eigenvalue weighted by molar-refractivity contribution is 0.649. The first-order valence-electron chi connectivity index (χ1n) is 23.9. The Labute approximate surface area is 394 Å². The molecule has 13 rings (SSSR count). The van der Waals surface area contributed by atoms with Crippen molar-refractivity contribution in [2.75, 3.05) is 9.80 Å². The molecule has 0 saturated carbocycles. The van der Waals surface area contributed by atoms with Gasteiger partial charge in [0.15, 0.2) is 0 Å². The van der Waals surface area contributed by atoms with Crippen LogP contribution in [0, 0.1) is 0 Å². The summed E-state index contributed by atoms with van der Waals surface area (Å²) in [7, 11) is 0. The van der Waals surface area contributed by atoms with Crippen molar-refractivity contribution in [3.63, 3.8) is 0 Å². The largest absolute Gasteiger partial charge is 0.310 e. The molecular weight excluding hydrogens is 809 g/mol. The molecule has 0 spiro atoms. The van der Waals surface area contributed by atoms with Gasteiger partial charge in [-0.1, -0.05) is 163 Å².